The zero-order valence-electron chi connectivity index (χ0n) is 9.55. The van der Waals surface area contributed by atoms with E-state index >= 15 is 0 Å². The van der Waals surface area contributed by atoms with Gasteiger partial charge < -0.3 is 27.6 Å². The van der Waals surface area contributed by atoms with Gasteiger partial charge in [0.1, 0.15) is 0 Å². The Morgan fingerprint density at radius 3 is 1.12 bits per heavy atom. The summed E-state index contributed by atoms with van der Waals surface area (Å²) in [6.07, 6.45) is 8.57. The Balaban J connectivity index is -0.000000338. The van der Waals surface area contributed by atoms with Crippen molar-refractivity contribution in [1.29, 1.82) is 0 Å². The Bertz CT molecular complexity index is 168. The SMILES string of the molecule is NC12CC3CC(CC(C3)C1)C2.O.O.O.O.[Ti]. The van der Waals surface area contributed by atoms with Gasteiger partial charge in [-0.3, -0.25) is 0 Å². The predicted octanol–water partition coefficient (Wildman–Crippen LogP) is -1.39. The fourth-order valence-corrected chi connectivity index (χ4v) is 4.18. The van der Waals surface area contributed by atoms with Gasteiger partial charge in [-0.1, -0.05) is 0 Å². The third-order valence-electron chi connectivity index (χ3n) is 4.09. The van der Waals surface area contributed by atoms with Crippen molar-refractivity contribution < 1.29 is 43.6 Å². The molecule has 4 saturated carbocycles. The molecule has 98 valence electrons. The molecule has 0 aromatic rings. The average Bonchev–Trinajstić information content (AvgIpc) is 1.79. The molecule has 4 fully saturated rings. The molecule has 4 bridgehead atoms. The number of rotatable bonds is 0. The number of hydrogen-bond acceptors (Lipinski definition) is 1. The summed E-state index contributed by atoms with van der Waals surface area (Å²) in [7, 11) is 0. The summed E-state index contributed by atoms with van der Waals surface area (Å²) in [6.45, 7) is 0. The molecule has 0 radical (unpaired) electrons. The molecule has 0 aromatic carbocycles. The Morgan fingerprint density at radius 1 is 0.688 bits per heavy atom. The van der Waals surface area contributed by atoms with Gasteiger partial charge in [0.05, 0.1) is 0 Å². The first-order valence-electron chi connectivity index (χ1n) is 5.02. The van der Waals surface area contributed by atoms with Crippen molar-refractivity contribution in [2.75, 3.05) is 0 Å². The van der Waals surface area contributed by atoms with Crippen molar-refractivity contribution in [2.24, 2.45) is 23.5 Å². The Morgan fingerprint density at radius 2 is 0.938 bits per heavy atom. The molecule has 4 rings (SSSR count). The van der Waals surface area contributed by atoms with E-state index in [9.17, 15) is 0 Å². The Hall–Kier alpha value is 0.514. The van der Waals surface area contributed by atoms with E-state index in [-0.39, 0.29) is 43.6 Å². The molecule has 0 atom stereocenters. The molecule has 10 N–H and O–H groups in total. The van der Waals surface area contributed by atoms with Crippen LogP contribution in [0.5, 0.6) is 0 Å². The van der Waals surface area contributed by atoms with Crippen LogP contribution in [0, 0.1) is 17.8 Å². The molecule has 0 saturated heterocycles. The van der Waals surface area contributed by atoms with Crippen LogP contribution in [0.2, 0.25) is 0 Å². The van der Waals surface area contributed by atoms with E-state index in [2.05, 4.69) is 0 Å². The third-order valence-corrected chi connectivity index (χ3v) is 4.09. The monoisotopic (exact) mass is 271 g/mol. The van der Waals surface area contributed by atoms with Gasteiger partial charge >= 0.3 is 0 Å². The summed E-state index contributed by atoms with van der Waals surface area (Å²) in [5, 5.41) is 0. The van der Waals surface area contributed by atoms with Gasteiger partial charge in [0, 0.05) is 27.3 Å². The Labute approximate surface area is 111 Å². The molecular weight excluding hydrogens is 246 g/mol. The zero-order valence-corrected chi connectivity index (χ0v) is 11.1. The largest absolute Gasteiger partial charge is 0.412 e. The second-order valence-corrected chi connectivity index (χ2v) is 5.28. The van der Waals surface area contributed by atoms with Crippen LogP contribution in [0.25, 0.3) is 0 Å². The van der Waals surface area contributed by atoms with Crippen molar-refractivity contribution in [3.63, 3.8) is 0 Å². The molecule has 4 aliphatic rings. The molecule has 0 amide bonds. The van der Waals surface area contributed by atoms with Crippen LogP contribution in [0.3, 0.4) is 0 Å². The van der Waals surface area contributed by atoms with Crippen LogP contribution in [-0.2, 0) is 21.7 Å². The maximum atomic E-state index is 6.32. The average molecular weight is 271 g/mol. The molecule has 5 nitrogen and oxygen atoms in total. The quantitative estimate of drug-likeness (QED) is 0.530. The minimum Gasteiger partial charge on any atom is -0.412 e. The minimum atomic E-state index is 0. The van der Waals surface area contributed by atoms with Crippen LogP contribution in [0.4, 0.5) is 0 Å². The summed E-state index contributed by atoms with van der Waals surface area (Å²) >= 11 is 0. The first kappa shape index (κ1) is 21.8. The van der Waals surface area contributed by atoms with Gasteiger partial charge in [0.15, 0.2) is 0 Å². The first-order valence-corrected chi connectivity index (χ1v) is 5.02. The summed E-state index contributed by atoms with van der Waals surface area (Å²) in [6, 6.07) is 0. The maximum absolute atomic E-state index is 6.32. The summed E-state index contributed by atoms with van der Waals surface area (Å²) in [5.74, 6) is 3.06. The van der Waals surface area contributed by atoms with E-state index in [1.165, 1.54) is 38.5 Å². The molecule has 0 aliphatic heterocycles. The van der Waals surface area contributed by atoms with Crippen molar-refractivity contribution in [2.45, 2.75) is 44.1 Å². The molecule has 0 unspecified atom stereocenters. The second-order valence-electron chi connectivity index (χ2n) is 5.28. The van der Waals surface area contributed by atoms with Crippen LogP contribution in [-0.4, -0.2) is 27.4 Å². The van der Waals surface area contributed by atoms with Crippen LogP contribution in [0.15, 0.2) is 0 Å². The van der Waals surface area contributed by atoms with E-state index in [4.69, 9.17) is 5.73 Å². The van der Waals surface area contributed by atoms with Gasteiger partial charge in [-0.2, -0.15) is 0 Å². The molecule has 0 spiro atoms. The molecular formula is C10H25NO4Ti. The maximum Gasteiger partial charge on any atom is 0.0162 e. The third kappa shape index (κ3) is 3.50. The molecule has 6 heteroatoms. The van der Waals surface area contributed by atoms with Gasteiger partial charge in [-0.25, -0.2) is 0 Å². The van der Waals surface area contributed by atoms with E-state index < -0.39 is 0 Å². The standard InChI is InChI=1S/C10H17N.4H2O.Ti/c11-10-4-7-1-8(5-10)3-9(2-7)6-10;;;;;/h7-9H,1-6,11H2;4*1H2;. The second kappa shape index (κ2) is 7.06. The van der Waals surface area contributed by atoms with Crippen molar-refractivity contribution in [3.8, 4) is 0 Å². The summed E-state index contributed by atoms with van der Waals surface area (Å²) in [5.41, 5.74) is 6.62. The van der Waals surface area contributed by atoms with Gasteiger partial charge in [0.2, 0.25) is 0 Å². The fraction of sp³-hybridized carbons (Fsp3) is 1.00. The zero-order chi connectivity index (χ0) is 7.47. The van der Waals surface area contributed by atoms with Crippen molar-refractivity contribution >= 4 is 0 Å². The van der Waals surface area contributed by atoms with E-state index in [0.29, 0.717) is 5.54 Å². The van der Waals surface area contributed by atoms with E-state index in [1.54, 1.807) is 0 Å². The van der Waals surface area contributed by atoms with Crippen molar-refractivity contribution in [1.82, 2.24) is 0 Å². The van der Waals surface area contributed by atoms with Crippen LogP contribution in [0.1, 0.15) is 38.5 Å². The molecule has 16 heavy (non-hydrogen) atoms. The van der Waals surface area contributed by atoms with Gasteiger partial charge in [-0.05, 0) is 56.3 Å². The van der Waals surface area contributed by atoms with Crippen LogP contribution >= 0.6 is 0 Å². The summed E-state index contributed by atoms with van der Waals surface area (Å²) < 4.78 is 0. The normalized spacial score (nSPS) is 41.4. The van der Waals surface area contributed by atoms with Gasteiger partial charge in [-0.15, -0.1) is 0 Å². The van der Waals surface area contributed by atoms with Crippen molar-refractivity contribution in [3.05, 3.63) is 0 Å². The summed E-state index contributed by atoms with van der Waals surface area (Å²) in [4.78, 5) is 0. The first-order chi connectivity index (χ1) is 5.23. The van der Waals surface area contributed by atoms with E-state index in [0.717, 1.165) is 17.8 Å². The van der Waals surface area contributed by atoms with E-state index in [1.807, 2.05) is 0 Å². The number of hydrogen-bond donors (Lipinski definition) is 1. The van der Waals surface area contributed by atoms with Crippen LogP contribution < -0.4 is 5.73 Å². The number of nitrogens with two attached hydrogens (primary N) is 1. The molecule has 0 heterocycles. The Kier molecular flexibility index (Phi) is 9.60. The predicted molar refractivity (Wildman–Crippen MR) is 59.5 cm³/mol. The minimum absolute atomic E-state index is 0. The topological polar surface area (TPSA) is 152 Å². The molecule has 4 aliphatic carbocycles. The van der Waals surface area contributed by atoms with Gasteiger partial charge in [0.25, 0.3) is 0 Å². The smallest absolute Gasteiger partial charge is 0.0162 e. The molecule has 0 aromatic heterocycles. The fourth-order valence-electron chi connectivity index (χ4n) is 4.18.